The quantitative estimate of drug-likeness (QED) is 0.839. The van der Waals surface area contributed by atoms with Crippen LogP contribution in [0.3, 0.4) is 0 Å². The molecule has 2 aromatic rings. The summed E-state index contributed by atoms with van der Waals surface area (Å²) in [4.78, 5) is 13.1. The molecule has 3 rings (SSSR count). The molecule has 1 aliphatic heterocycles. The fourth-order valence-electron chi connectivity index (χ4n) is 2.77. The molecule has 0 spiro atoms. The summed E-state index contributed by atoms with van der Waals surface area (Å²) in [6.07, 6.45) is -0.233. The molecule has 1 saturated heterocycles. The number of cyclic esters (lactones) is 1. The van der Waals surface area contributed by atoms with Crippen LogP contribution in [0.5, 0.6) is 11.5 Å². The lowest BCUT2D eigenvalue weighted by Crippen LogP contribution is -2.27. The molecule has 0 radical (unpaired) electrons. The first-order chi connectivity index (χ1) is 13.1. The van der Waals surface area contributed by atoms with Crippen molar-refractivity contribution in [3.8, 4) is 11.5 Å². The number of hydrogen-bond donors (Lipinski definition) is 1. The van der Waals surface area contributed by atoms with Crippen molar-refractivity contribution in [2.75, 3.05) is 34.4 Å². The average molecular weight is 372 g/mol. The van der Waals surface area contributed by atoms with E-state index in [2.05, 4.69) is 17.4 Å². The molecule has 0 aromatic heterocycles. The van der Waals surface area contributed by atoms with Crippen molar-refractivity contribution >= 4 is 6.09 Å². The highest BCUT2D eigenvalue weighted by molar-refractivity contribution is 5.70. The number of carbonyl (C=O) groups is 1. The molecular formula is C21H28N2O4. The molecule has 27 heavy (non-hydrogen) atoms. The van der Waals surface area contributed by atoms with Gasteiger partial charge < -0.3 is 19.5 Å². The van der Waals surface area contributed by atoms with E-state index in [4.69, 9.17) is 14.2 Å². The van der Waals surface area contributed by atoms with Crippen LogP contribution in [0, 0.1) is 0 Å². The van der Waals surface area contributed by atoms with Crippen molar-refractivity contribution < 1.29 is 19.0 Å². The van der Waals surface area contributed by atoms with Gasteiger partial charge in [0, 0.05) is 6.54 Å². The summed E-state index contributed by atoms with van der Waals surface area (Å²) < 4.78 is 15.0. The predicted molar refractivity (Wildman–Crippen MR) is 105 cm³/mol. The van der Waals surface area contributed by atoms with Crippen molar-refractivity contribution in [2.24, 2.45) is 0 Å². The lowest BCUT2D eigenvalue weighted by molar-refractivity contribution is 0.150. The molecule has 1 unspecified atom stereocenters. The Balaban J connectivity index is 0.000000208. The van der Waals surface area contributed by atoms with Gasteiger partial charge in [-0.1, -0.05) is 24.3 Å². The highest BCUT2D eigenvalue weighted by Gasteiger charge is 2.27. The zero-order chi connectivity index (χ0) is 19.6. The van der Waals surface area contributed by atoms with E-state index in [1.807, 2.05) is 50.4 Å². The Labute approximate surface area is 161 Å². The van der Waals surface area contributed by atoms with Gasteiger partial charge in [0.15, 0.2) is 0 Å². The van der Waals surface area contributed by atoms with Gasteiger partial charge >= 0.3 is 6.09 Å². The highest BCUT2D eigenvalue weighted by atomic mass is 16.6. The third-order valence-electron chi connectivity index (χ3n) is 4.40. The number of nitrogens with zero attached hydrogens (tertiary/aromatic N) is 1. The number of benzene rings is 2. The molecule has 1 N–H and O–H groups in total. The van der Waals surface area contributed by atoms with Gasteiger partial charge in [-0.3, -0.25) is 4.90 Å². The molecule has 1 fully saturated rings. The lowest BCUT2D eigenvalue weighted by atomic mass is 10.1. The van der Waals surface area contributed by atoms with Crippen molar-refractivity contribution in [3.05, 3.63) is 59.7 Å². The Hall–Kier alpha value is -2.73. The summed E-state index contributed by atoms with van der Waals surface area (Å²) in [6, 6.07) is 15.8. The van der Waals surface area contributed by atoms with Gasteiger partial charge in [-0.2, -0.15) is 0 Å². The predicted octanol–water partition coefficient (Wildman–Crippen LogP) is 3.62. The first-order valence-electron chi connectivity index (χ1n) is 8.94. The minimum absolute atomic E-state index is 0.0425. The third kappa shape index (κ3) is 5.89. The van der Waals surface area contributed by atoms with Gasteiger partial charge in [-0.15, -0.1) is 0 Å². The smallest absolute Gasteiger partial charge is 0.410 e. The van der Waals surface area contributed by atoms with Crippen LogP contribution in [-0.4, -0.2) is 45.4 Å². The van der Waals surface area contributed by atoms with Crippen LogP contribution in [0.2, 0.25) is 0 Å². The van der Waals surface area contributed by atoms with Crippen LogP contribution in [0.25, 0.3) is 0 Å². The standard InChI is InChI=1S/C12H15NO3.C9H13NO/c1-9(13-7-8-16-12(13)14)10-3-5-11(15-2)6-4-10;1-10-7-8-3-5-9(11-2)6-4-8/h3-6,9H,7-8H2,1-2H3;3-6,10H,7H2,1-2H3. The minimum Gasteiger partial charge on any atom is -0.497 e. The summed E-state index contributed by atoms with van der Waals surface area (Å²) in [6.45, 7) is 4.05. The van der Waals surface area contributed by atoms with Crippen LogP contribution in [0.15, 0.2) is 48.5 Å². The molecule has 0 aliphatic carbocycles. The van der Waals surface area contributed by atoms with Crippen molar-refractivity contribution in [1.82, 2.24) is 10.2 Å². The van der Waals surface area contributed by atoms with E-state index < -0.39 is 0 Å². The lowest BCUT2D eigenvalue weighted by Gasteiger charge is -2.22. The second kappa shape index (κ2) is 10.4. The zero-order valence-corrected chi connectivity index (χ0v) is 16.4. The number of rotatable bonds is 6. The fraction of sp³-hybridized carbons (Fsp3) is 0.381. The Kier molecular flexibility index (Phi) is 7.95. The number of carbonyl (C=O) groups excluding carboxylic acids is 1. The normalized spacial score (nSPS) is 14.1. The maximum absolute atomic E-state index is 11.4. The molecule has 1 amide bonds. The minimum atomic E-state index is -0.233. The fourth-order valence-corrected chi connectivity index (χ4v) is 2.77. The van der Waals surface area contributed by atoms with E-state index in [9.17, 15) is 4.79 Å². The van der Waals surface area contributed by atoms with Crippen molar-refractivity contribution in [1.29, 1.82) is 0 Å². The molecular weight excluding hydrogens is 344 g/mol. The molecule has 1 heterocycles. The molecule has 0 saturated carbocycles. The maximum Gasteiger partial charge on any atom is 0.410 e. The Morgan fingerprint density at radius 3 is 2.04 bits per heavy atom. The number of hydrogen-bond acceptors (Lipinski definition) is 5. The van der Waals surface area contributed by atoms with Crippen molar-refractivity contribution in [3.63, 3.8) is 0 Å². The van der Waals surface area contributed by atoms with E-state index in [1.165, 1.54) is 5.56 Å². The van der Waals surface area contributed by atoms with Crippen LogP contribution in [-0.2, 0) is 11.3 Å². The van der Waals surface area contributed by atoms with Gasteiger partial charge in [-0.25, -0.2) is 4.79 Å². The van der Waals surface area contributed by atoms with Gasteiger partial charge in [-0.05, 0) is 49.4 Å². The first kappa shape index (κ1) is 20.6. The van der Waals surface area contributed by atoms with Gasteiger partial charge in [0.2, 0.25) is 0 Å². The maximum atomic E-state index is 11.4. The molecule has 1 atom stereocenters. The van der Waals surface area contributed by atoms with Crippen LogP contribution >= 0.6 is 0 Å². The zero-order valence-electron chi connectivity index (χ0n) is 16.4. The van der Waals surface area contributed by atoms with E-state index >= 15 is 0 Å². The first-order valence-corrected chi connectivity index (χ1v) is 8.94. The Bertz CT molecular complexity index is 701. The summed E-state index contributed by atoms with van der Waals surface area (Å²) in [7, 11) is 5.24. The summed E-state index contributed by atoms with van der Waals surface area (Å²) >= 11 is 0. The van der Waals surface area contributed by atoms with E-state index in [-0.39, 0.29) is 12.1 Å². The largest absolute Gasteiger partial charge is 0.497 e. The number of methoxy groups -OCH3 is 2. The SMILES string of the molecule is CNCc1ccc(OC)cc1.COc1ccc(C(C)N2CCOC2=O)cc1. The summed E-state index contributed by atoms with van der Waals surface area (Å²) in [5.74, 6) is 1.73. The van der Waals surface area contributed by atoms with Gasteiger partial charge in [0.1, 0.15) is 18.1 Å². The van der Waals surface area contributed by atoms with E-state index in [0.29, 0.717) is 13.2 Å². The molecule has 6 nitrogen and oxygen atoms in total. The number of ether oxygens (including phenoxy) is 3. The summed E-state index contributed by atoms with van der Waals surface area (Å²) in [5, 5.41) is 3.08. The van der Waals surface area contributed by atoms with Crippen LogP contribution < -0.4 is 14.8 Å². The number of amides is 1. The molecule has 2 aromatic carbocycles. The third-order valence-corrected chi connectivity index (χ3v) is 4.40. The highest BCUT2D eigenvalue weighted by Crippen LogP contribution is 2.24. The molecule has 1 aliphatic rings. The van der Waals surface area contributed by atoms with E-state index in [1.54, 1.807) is 19.1 Å². The van der Waals surface area contributed by atoms with Crippen LogP contribution in [0.1, 0.15) is 24.1 Å². The Morgan fingerprint density at radius 2 is 1.59 bits per heavy atom. The van der Waals surface area contributed by atoms with Gasteiger partial charge in [0.05, 0.1) is 26.8 Å². The molecule has 0 bridgehead atoms. The molecule has 6 heteroatoms. The van der Waals surface area contributed by atoms with Crippen molar-refractivity contribution in [2.45, 2.75) is 19.5 Å². The topological polar surface area (TPSA) is 60.0 Å². The second-order valence-corrected chi connectivity index (χ2v) is 6.14. The van der Waals surface area contributed by atoms with Crippen LogP contribution in [0.4, 0.5) is 4.79 Å². The summed E-state index contributed by atoms with van der Waals surface area (Å²) in [5.41, 5.74) is 2.35. The van der Waals surface area contributed by atoms with E-state index in [0.717, 1.165) is 23.6 Å². The average Bonchev–Trinajstić information content (AvgIpc) is 3.15. The number of nitrogens with one attached hydrogen (secondary N) is 1. The second-order valence-electron chi connectivity index (χ2n) is 6.14. The Morgan fingerprint density at radius 1 is 1.04 bits per heavy atom. The monoisotopic (exact) mass is 372 g/mol. The van der Waals surface area contributed by atoms with Gasteiger partial charge in [0.25, 0.3) is 0 Å². The molecule has 146 valence electrons.